The first-order valence-corrected chi connectivity index (χ1v) is 13.7. The molecule has 2 atom stereocenters. The zero-order valence-corrected chi connectivity index (χ0v) is 23.2. The molecule has 0 aromatic carbocycles. The maximum absolute atomic E-state index is 10.5. The van der Waals surface area contributed by atoms with E-state index >= 15 is 0 Å². The molecule has 0 aromatic heterocycles. The third kappa shape index (κ3) is 38.1. The molecular weight excluding hydrogens is 428 g/mol. The lowest BCUT2D eigenvalue weighted by Gasteiger charge is -2.06. The van der Waals surface area contributed by atoms with Crippen molar-refractivity contribution in [1.29, 1.82) is 0 Å². The average molecular weight is 491 g/mol. The molecule has 208 valence electrons. The second-order valence-corrected chi connectivity index (χ2v) is 8.59. The van der Waals surface area contributed by atoms with E-state index in [2.05, 4.69) is 13.8 Å². The van der Waals surface area contributed by atoms with Crippen LogP contribution in [0.5, 0.6) is 0 Å². The molecule has 0 saturated carbocycles. The van der Waals surface area contributed by atoms with Crippen LogP contribution in [0.3, 0.4) is 0 Å². The maximum atomic E-state index is 10.5. The van der Waals surface area contributed by atoms with Gasteiger partial charge in [0.25, 0.3) is 0 Å². The van der Waals surface area contributed by atoms with Gasteiger partial charge in [-0.2, -0.15) is 0 Å². The first-order valence-electron chi connectivity index (χ1n) is 13.7. The van der Waals surface area contributed by atoms with Crippen LogP contribution >= 0.6 is 0 Å². The molecule has 0 aliphatic heterocycles. The van der Waals surface area contributed by atoms with Gasteiger partial charge in [0.05, 0.1) is 0 Å². The molecule has 2 unspecified atom stereocenters. The molecule has 0 aliphatic carbocycles. The summed E-state index contributed by atoms with van der Waals surface area (Å²) in [6, 6.07) is 0. The molecule has 8 nitrogen and oxygen atoms in total. The SMILES string of the molecule is CCC(CCN)C(N)=O.CCC(CN)C(N)=O.CCCCCCCCN.CCCCCCCN. The Kier molecular flexibility index (Phi) is 42.7. The molecular formula is C26H62N6O2. The van der Waals surface area contributed by atoms with E-state index in [4.69, 9.17) is 34.4 Å². The van der Waals surface area contributed by atoms with Gasteiger partial charge in [0.2, 0.25) is 11.8 Å². The molecule has 0 radical (unpaired) electrons. The molecule has 8 heteroatoms. The standard InChI is InChI=1S/C8H19N.C7H17N.C6H14N2O.C5H12N2O/c1-2-3-4-5-6-7-8-9;1-2-3-4-5-6-7-8;1-2-5(3-4-7)6(8)9;1-2-4(3-6)5(7)8/h2-9H2,1H3;2-8H2,1H3;5H,2-4,7H2,1H3,(H2,8,9);4H,2-3,6H2,1H3,(H2,7,8). The number of unbranched alkanes of at least 4 members (excludes halogenated alkanes) is 9. The molecule has 0 bridgehead atoms. The highest BCUT2D eigenvalue weighted by molar-refractivity contribution is 5.76. The van der Waals surface area contributed by atoms with Crippen molar-refractivity contribution in [3.63, 3.8) is 0 Å². The monoisotopic (exact) mass is 490 g/mol. The van der Waals surface area contributed by atoms with E-state index in [0.717, 1.165) is 25.9 Å². The predicted molar refractivity (Wildman–Crippen MR) is 149 cm³/mol. The molecule has 0 saturated heterocycles. The van der Waals surface area contributed by atoms with E-state index in [0.29, 0.717) is 19.5 Å². The first-order chi connectivity index (χ1) is 16.3. The van der Waals surface area contributed by atoms with Crippen molar-refractivity contribution in [2.24, 2.45) is 46.2 Å². The van der Waals surface area contributed by atoms with Gasteiger partial charge in [-0.3, -0.25) is 9.59 Å². The molecule has 2 amide bonds. The Morgan fingerprint density at radius 3 is 1.06 bits per heavy atom. The van der Waals surface area contributed by atoms with Gasteiger partial charge in [-0.25, -0.2) is 0 Å². The fourth-order valence-corrected chi connectivity index (χ4v) is 2.91. The summed E-state index contributed by atoms with van der Waals surface area (Å²) in [6.07, 6.45) is 16.9. The van der Waals surface area contributed by atoms with Gasteiger partial charge >= 0.3 is 0 Å². The molecule has 0 rings (SSSR count). The van der Waals surface area contributed by atoms with Crippen LogP contribution in [-0.2, 0) is 9.59 Å². The van der Waals surface area contributed by atoms with E-state index in [1.807, 2.05) is 13.8 Å². The number of carbonyl (C=O) groups excluding carboxylic acids is 2. The largest absolute Gasteiger partial charge is 0.369 e. The Balaban J connectivity index is -0.000000177. The van der Waals surface area contributed by atoms with Crippen LogP contribution in [0, 0.1) is 11.8 Å². The third-order valence-electron chi connectivity index (χ3n) is 5.46. The molecule has 0 aromatic rings. The van der Waals surface area contributed by atoms with E-state index in [1.54, 1.807) is 0 Å². The minimum atomic E-state index is -0.296. The summed E-state index contributed by atoms with van der Waals surface area (Å²) in [5.74, 6) is -0.678. The topological polar surface area (TPSA) is 190 Å². The van der Waals surface area contributed by atoms with Gasteiger partial charge in [0.1, 0.15) is 0 Å². The maximum Gasteiger partial charge on any atom is 0.221 e. The van der Waals surface area contributed by atoms with Crippen molar-refractivity contribution in [2.45, 2.75) is 118 Å². The van der Waals surface area contributed by atoms with E-state index in [1.165, 1.54) is 70.6 Å². The predicted octanol–water partition coefficient (Wildman–Crippen LogP) is 3.52. The first kappa shape index (κ1) is 40.0. The number of amides is 2. The van der Waals surface area contributed by atoms with Crippen LogP contribution in [0.25, 0.3) is 0 Å². The van der Waals surface area contributed by atoms with E-state index in [9.17, 15) is 9.59 Å². The van der Waals surface area contributed by atoms with Crippen molar-refractivity contribution < 1.29 is 9.59 Å². The van der Waals surface area contributed by atoms with Crippen LogP contribution in [-0.4, -0.2) is 38.0 Å². The fraction of sp³-hybridized carbons (Fsp3) is 0.923. The van der Waals surface area contributed by atoms with Crippen molar-refractivity contribution in [3.8, 4) is 0 Å². The number of carbonyl (C=O) groups is 2. The summed E-state index contributed by atoms with van der Waals surface area (Å²) in [6.45, 7) is 10.9. The Morgan fingerprint density at radius 2 is 0.882 bits per heavy atom. The van der Waals surface area contributed by atoms with Crippen LogP contribution < -0.4 is 34.4 Å². The summed E-state index contributed by atoms with van der Waals surface area (Å²) in [7, 11) is 0. The summed E-state index contributed by atoms with van der Waals surface area (Å²) >= 11 is 0. The van der Waals surface area contributed by atoms with Gasteiger partial charge in [0, 0.05) is 18.4 Å². The Morgan fingerprint density at radius 1 is 0.529 bits per heavy atom. The quantitative estimate of drug-likeness (QED) is 0.159. The number of hydrogen-bond donors (Lipinski definition) is 6. The highest BCUT2D eigenvalue weighted by Gasteiger charge is 2.10. The number of rotatable bonds is 18. The summed E-state index contributed by atoms with van der Waals surface area (Å²) in [5.41, 5.74) is 31.0. The van der Waals surface area contributed by atoms with Gasteiger partial charge in [-0.15, -0.1) is 0 Å². The lowest BCUT2D eigenvalue weighted by molar-refractivity contribution is -0.122. The van der Waals surface area contributed by atoms with E-state index < -0.39 is 0 Å². The van der Waals surface area contributed by atoms with Crippen molar-refractivity contribution in [2.75, 3.05) is 26.2 Å². The zero-order valence-electron chi connectivity index (χ0n) is 23.2. The fourth-order valence-electron chi connectivity index (χ4n) is 2.91. The zero-order chi connectivity index (χ0) is 27.0. The lowest BCUT2D eigenvalue weighted by atomic mass is 10.0. The summed E-state index contributed by atoms with van der Waals surface area (Å²) in [4.78, 5) is 20.8. The molecule has 0 spiro atoms. The molecule has 0 aliphatic rings. The second kappa shape index (κ2) is 36.4. The normalized spacial score (nSPS) is 11.5. The highest BCUT2D eigenvalue weighted by atomic mass is 16.1. The van der Waals surface area contributed by atoms with Crippen molar-refractivity contribution in [1.82, 2.24) is 0 Å². The smallest absolute Gasteiger partial charge is 0.221 e. The molecule has 34 heavy (non-hydrogen) atoms. The molecule has 12 N–H and O–H groups in total. The summed E-state index contributed by atoms with van der Waals surface area (Å²) in [5, 5.41) is 0. The van der Waals surface area contributed by atoms with Crippen LogP contribution in [0.1, 0.15) is 118 Å². The summed E-state index contributed by atoms with van der Waals surface area (Å²) < 4.78 is 0. The van der Waals surface area contributed by atoms with Crippen LogP contribution in [0.15, 0.2) is 0 Å². The van der Waals surface area contributed by atoms with Gasteiger partial charge in [-0.05, 0) is 51.7 Å². The number of nitrogens with two attached hydrogens (primary N) is 6. The highest BCUT2D eigenvalue weighted by Crippen LogP contribution is 2.04. The van der Waals surface area contributed by atoms with Gasteiger partial charge < -0.3 is 34.4 Å². The minimum absolute atomic E-state index is 0.0185. The van der Waals surface area contributed by atoms with Gasteiger partial charge in [-0.1, -0.05) is 85.5 Å². The number of hydrogen-bond acceptors (Lipinski definition) is 6. The van der Waals surface area contributed by atoms with Gasteiger partial charge in [0.15, 0.2) is 0 Å². The lowest BCUT2D eigenvalue weighted by Crippen LogP contribution is -2.28. The molecule has 0 heterocycles. The third-order valence-corrected chi connectivity index (χ3v) is 5.46. The second-order valence-electron chi connectivity index (χ2n) is 8.59. The van der Waals surface area contributed by atoms with Crippen LogP contribution in [0.2, 0.25) is 0 Å². The molecule has 0 fully saturated rings. The van der Waals surface area contributed by atoms with Crippen molar-refractivity contribution in [3.05, 3.63) is 0 Å². The number of primary amides is 2. The Bertz CT molecular complexity index is 381. The Labute approximate surface area is 211 Å². The van der Waals surface area contributed by atoms with Crippen LogP contribution in [0.4, 0.5) is 0 Å². The average Bonchev–Trinajstić information content (AvgIpc) is 2.82. The van der Waals surface area contributed by atoms with E-state index in [-0.39, 0.29) is 23.7 Å². The minimum Gasteiger partial charge on any atom is -0.369 e. The van der Waals surface area contributed by atoms with Crippen molar-refractivity contribution >= 4 is 11.8 Å². The Hall–Kier alpha value is -1.22.